The molecule has 0 aromatic heterocycles. The third-order valence-corrected chi connectivity index (χ3v) is 1.76. The Morgan fingerprint density at radius 1 is 1.56 bits per heavy atom. The molecule has 1 unspecified atom stereocenters. The standard InChI is InChI=1S/C7H10N2/c1-2-5-9-6-4-8-7(9)3-1/h1,3-4,6-8H,2,5H2. The molecule has 1 atom stereocenters. The van der Waals surface area contributed by atoms with Crippen molar-refractivity contribution in [1.29, 1.82) is 0 Å². The molecule has 0 radical (unpaired) electrons. The van der Waals surface area contributed by atoms with Gasteiger partial charge < -0.3 is 10.2 Å². The number of nitrogens with one attached hydrogen (secondary N) is 1. The van der Waals surface area contributed by atoms with Gasteiger partial charge >= 0.3 is 0 Å². The van der Waals surface area contributed by atoms with E-state index >= 15 is 0 Å². The highest BCUT2D eigenvalue weighted by atomic mass is 15.3. The van der Waals surface area contributed by atoms with Crippen molar-refractivity contribution in [2.45, 2.75) is 12.6 Å². The Bertz CT molecular complexity index is 160. The predicted octanol–water partition coefficient (Wildman–Crippen LogP) is 0.649. The van der Waals surface area contributed by atoms with Crippen LogP contribution in [0, 0.1) is 0 Å². The van der Waals surface area contributed by atoms with Gasteiger partial charge in [0.1, 0.15) is 6.17 Å². The number of hydrogen-bond donors (Lipinski definition) is 1. The molecule has 0 saturated carbocycles. The Morgan fingerprint density at radius 2 is 2.56 bits per heavy atom. The first-order valence-electron chi connectivity index (χ1n) is 3.32. The second kappa shape index (κ2) is 1.79. The van der Waals surface area contributed by atoms with Gasteiger partial charge in [0, 0.05) is 18.9 Å². The summed E-state index contributed by atoms with van der Waals surface area (Å²) in [6, 6.07) is 0. The van der Waals surface area contributed by atoms with Gasteiger partial charge in [-0.15, -0.1) is 0 Å². The van der Waals surface area contributed by atoms with Crippen molar-refractivity contribution in [3.63, 3.8) is 0 Å². The molecule has 48 valence electrons. The summed E-state index contributed by atoms with van der Waals surface area (Å²) in [5.41, 5.74) is 0. The maximum atomic E-state index is 3.22. The molecule has 2 aliphatic heterocycles. The summed E-state index contributed by atoms with van der Waals surface area (Å²) in [5, 5.41) is 3.22. The summed E-state index contributed by atoms with van der Waals surface area (Å²) in [6.07, 6.45) is 10.2. The fourth-order valence-electron chi connectivity index (χ4n) is 1.25. The highest BCUT2D eigenvalue weighted by molar-refractivity contribution is 5.07. The lowest BCUT2D eigenvalue weighted by Crippen LogP contribution is -2.35. The van der Waals surface area contributed by atoms with E-state index in [-0.39, 0.29) is 0 Å². The minimum atomic E-state index is 0.457. The van der Waals surface area contributed by atoms with E-state index in [0.717, 1.165) is 6.54 Å². The lowest BCUT2D eigenvalue weighted by atomic mass is 10.2. The number of fused-ring (bicyclic) bond motifs is 1. The third-order valence-electron chi connectivity index (χ3n) is 1.76. The van der Waals surface area contributed by atoms with Crippen LogP contribution in [0.5, 0.6) is 0 Å². The predicted molar refractivity (Wildman–Crippen MR) is 36.5 cm³/mol. The molecule has 2 heteroatoms. The highest BCUT2D eigenvalue weighted by Gasteiger charge is 2.16. The van der Waals surface area contributed by atoms with E-state index in [1.54, 1.807) is 0 Å². The Hall–Kier alpha value is -0.920. The maximum Gasteiger partial charge on any atom is 0.118 e. The summed E-state index contributed by atoms with van der Waals surface area (Å²) in [7, 11) is 0. The highest BCUT2D eigenvalue weighted by Crippen LogP contribution is 2.11. The van der Waals surface area contributed by atoms with E-state index in [1.165, 1.54) is 6.42 Å². The first kappa shape index (κ1) is 4.91. The third kappa shape index (κ3) is 0.707. The molecule has 9 heavy (non-hydrogen) atoms. The summed E-state index contributed by atoms with van der Waals surface area (Å²) in [4.78, 5) is 2.29. The van der Waals surface area contributed by atoms with Crippen LogP contribution in [0.3, 0.4) is 0 Å². The molecule has 0 aromatic rings. The van der Waals surface area contributed by atoms with Crippen LogP contribution in [-0.2, 0) is 0 Å². The van der Waals surface area contributed by atoms with Crippen molar-refractivity contribution in [2.24, 2.45) is 0 Å². The van der Waals surface area contributed by atoms with Gasteiger partial charge in [0.25, 0.3) is 0 Å². The second-order valence-corrected chi connectivity index (χ2v) is 2.38. The molecule has 2 nitrogen and oxygen atoms in total. The molecule has 2 aliphatic rings. The topological polar surface area (TPSA) is 15.3 Å². The maximum absolute atomic E-state index is 3.22. The van der Waals surface area contributed by atoms with Gasteiger partial charge in [0.2, 0.25) is 0 Å². The van der Waals surface area contributed by atoms with Crippen molar-refractivity contribution in [1.82, 2.24) is 10.2 Å². The lowest BCUT2D eigenvalue weighted by molar-refractivity contribution is 0.318. The number of nitrogens with zero attached hydrogens (tertiary/aromatic N) is 1. The van der Waals surface area contributed by atoms with Gasteiger partial charge in [-0.2, -0.15) is 0 Å². The zero-order valence-electron chi connectivity index (χ0n) is 5.25. The fraction of sp³-hybridized carbons (Fsp3) is 0.429. The summed E-state index contributed by atoms with van der Waals surface area (Å²) in [5.74, 6) is 0. The first-order chi connectivity index (χ1) is 4.47. The largest absolute Gasteiger partial charge is 0.367 e. The smallest absolute Gasteiger partial charge is 0.118 e. The van der Waals surface area contributed by atoms with Gasteiger partial charge in [-0.05, 0) is 12.5 Å². The van der Waals surface area contributed by atoms with Crippen LogP contribution < -0.4 is 5.32 Å². The van der Waals surface area contributed by atoms with E-state index in [1.807, 2.05) is 6.20 Å². The van der Waals surface area contributed by atoms with Crippen molar-refractivity contribution >= 4 is 0 Å². The molecule has 0 bridgehead atoms. The summed E-state index contributed by atoms with van der Waals surface area (Å²) < 4.78 is 0. The summed E-state index contributed by atoms with van der Waals surface area (Å²) >= 11 is 0. The van der Waals surface area contributed by atoms with E-state index in [2.05, 4.69) is 28.6 Å². The van der Waals surface area contributed by atoms with Crippen molar-refractivity contribution < 1.29 is 0 Å². The molecule has 0 aromatic carbocycles. The minimum absolute atomic E-state index is 0.457. The lowest BCUT2D eigenvalue weighted by Gasteiger charge is -2.25. The second-order valence-electron chi connectivity index (χ2n) is 2.38. The Kier molecular flexibility index (Phi) is 0.979. The quantitative estimate of drug-likeness (QED) is 0.474. The normalized spacial score (nSPS) is 30.2. The molecule has 0 fully saturated rings. The Labute approximate surface area is 54.8 Å². The van der Waals surface area contributed by atoms with Crippen molar-refractivity contribution in [2.75, 3.05) is 6.54 Å². The van der Waals surface area contributed by atoms with Gasteiger partial charge in [-0.25, -0.2) is 0 Å². The van der Waals surface area contributed by atoms with Gasteiger partial charge in [-0.1, -0.05) is 6.08 Å². The first-order valence-corrected chi connectivity index (χ1v) is 3.32. The van der Waals surface area contributed by atoms with Crippen LogP contribution in [0.2, 0.25) is 0 Å². The van der Waals surface area contributed by atoms with Crippen molar-refractivity contribution in [3.8, 4) is 0 Å². The van der Waals surface area contributed by atoms with Crippen LogP contribution in [-0.4, -0.2) is 17.6 Å². The van der Waals surface area contributed by atoms with Gasteiger partial charge in [-0.3, -0.25) is 0 Å². The molecule has 0 aliphatic carbocycles. The Morgan fingerprint density at radius 3 is 3.44 bits per heavy atom. The number of hydrogen-bond acceptors (Lipinski definition) is 2. The fourth-order valence-corrected chi connectivity index (χ4v) is 1.25. The van der Waals surface area contributed by atoms with Crippen LogP contribution in [0.25, 0.3) is 0 Å². The molecular weight excluding hydrogens is 112 g/mol. The van der Waals surface area contributed by atoms with Crippen molar-refractivity contribution in [3.05, 3.63) is 24.6 Å². The molecule has 0 spiro atoms. The molecule has 0 amide bonds. The zero-order chi connectivity index (χ0) is 6.10. The van der Waals surface area contributed by atoms with Gasteiger partial charge in [0.15, 0.2) is 0 Å². The number of rotatable bonds is 0. The van der Waals surface area contributed by atoms with Crippen LogP contribution in [0.15, 0.2) is 24.6 Å². The van der Waals surface area contributed by atoms with E-state index in [4.69, 9.17) is 0 Å². The van der Waals surface area contributed by atoms with E-state index in [9.17, 15) is 0 Å². The van der Waals surface area contributed by atoms with Gasteiger partial charge in [0.05, 0.1) is 0 Å². The average Bonchev–Trinajstić information content (AvgIpc) is 2.33. The molecule has 2 heterocycles. The van der Waals surface area contributed by atoms with Crippen LogP contribution >= 0.6 is 0 Å². The average molecular weight is 122 g/mol. The molecule has 1 N–H and O–H groups in total. The molecule has 0 saturated heterocycles. The van der Waals surface area contributed by atoms with Crippen LogP contribution in [0.4, 0.5) is 0 Å². The Balaban J connectivity index is 2.16. The van der Waals surface area contributed by atoms with E-state index in [0.29, 0.717) is 6.17 Å². The SMILES string of the molecule is C1=CC2NC=CN2CC1. The zero-order valence-corrected chi connectivity index (χ0v) is 5.25. The molecule has 2 rings (SSSR count). The minimum Gasteiger partial charge on any atom is -0.367 e. The summed E-state index contributed by atoms with van der Waals surface area (Å²) in [6.45, 7) is 1.16. The van der Waals surface area contributed by atoms with E-state index < -0.39 is 0 Å². The monoisotopic (exact) mass is 122 g/mol. The molecular formula is C7H10N2. The van der Waals surface area contributed by atoms with Crippen LogP contribution in [0.1, 0.15) is 6.42 Å².